The Morgan fingerprint density at radius 2 is 1.93 bits per heavy atom. The van der Waals surface area contributed by atoms with E-state index in [2.05, 4.69) is 27.7 Å². The van der Waals surface area contributed by atoms with E-state index in [0.717, 1.165) is 24.1 Å². The van der Waals surface area contributed by atoms with Crippen molar-refractivity contribution in [1.82, 2.24) is 24.5 Å². The summed E-state index contributed by atoms with van der Waals surface area (Å²) < 4.78 is 29.5. The number of tetrazole rings is 1. The quantitative estimate of drug-likeness (QED) is 0.692. The van der Waals surface area contributed by atoms with Crippen molar-refractivity contribution in [2.75, 3.05) is 13.1 Å². The lowest BCUT2D eigenvalue weighted by atomic mass is 9.92. The van der Waals surface area contributed by atoms with Crippen LogP contribution in [0.4, 0.5) is 0 Å². The first-order chi connectivity index (χ1) is 13.1. The summed E-state index contributed by atoms with van der Waals surface area (Å²) in [6.07, 6.45) is 3.36. The number of benzene rings is 2. The predicted octanol–water partition coefficient (Wildman–Crippen LogP) is 2.54. The average molecular weight is 383 g/mol. The molecule has 7 nitrogen and oxygen atoms in total. The van der Waals surface area contributed by atoms with E-state index in [0.29, 0.717) is 18.0 Å². The number of nitrogens with zero attached hydrogens (tertiary/aromatic N) is 5. The van der Waals surface area contributed by atoms with Gasteiger partial charge in [0.05, 0.1) is 10.6 Å². The molecule has 140 valence electrons. The predicted molar refractivity (Wildman–Crippen MR) is 101 cm³/mol. The van der Waals surface area contributed by atoms with Gasteiger partial charge in [-0.25, -0.2) is 13.1 Å². The summed E-state index contributed by atoms with van der Waals surface area (Å²) in [6, 6.07) is 15.2. The van der Waals surface area contributed by atoms with E-state index >= 15 is 0 Å². The number of sulfonamides is 1. The maximum Gasteiger partial charge on any atom is 0.243 e. The fourth-order valence-electron chi connectivity index (χ4n) is 3.62. The minimum Gasteiger partial charge on any atom is -0.207 e. The number of hydrogen-bond donors (Lipinski definition) is 0. The Hall–Kier alpha value is -2.58. The third-order valence-electron chi connectivity index (χ3n) is 5.06. The topological polar surface area (TPSA) is 81.0 Å². The van der Waals surface area contributed by atoms with Gasteiger partial charge in [-0.1, -0.05) is 30.3 Å². The van der Waals surface area contributed by atoms with Crippen LogP contribution in [0.2, 0.25) is 0 Å². The van der Waals surface area contributed by atoms with E-state index in [1.807, 2.05) is 25.1 Å². The molecule has 0 aliphatic carbocycles. The molecule has 0 amide bonds. The summed E-state index contributed by atoms with van der Waals surface area (Å²) in [7, 11) is -3.54. The number of rotatable bonds is 4. The van der Waals surface area contributed by atoms with Crippen molar-refractivity contribution in [3.05, 3.63) is 66.0 Å². The number of aromatic nitrogens is 4. The minimum absolute atomic E-state index is 0.233. The lowest BCUT2D eigenvalue weighted by Gasteiger charge is -2.32. The Labute approximate surface area is 158 Å². The van der Waals surface area contributed by atoms with Crippen molar-refractivity contribution >= 4 is 10.0 Å². The molecule has 1 aliphatic rings. The van der Waals surface area contributed by atoms with Crippen LogP contribution in [0.3, 0.4) is 0 Å². The van der Waals surface area contributed by atoms with Crippen LogP contribution < -0.4 is 0 Å². The Bertz CT molecular complexity index is 1020. The zero-order valence-electron chi connectivity index (χ0n) is 15.1. The first kappa shape index (κ1) is 17.8. The molecule has 3 aromatic rings. The number of hydrogen-bond acceptors (Lipinski definition) is 5. The van der Waals surface area contributed by atoms with E-state index in [1.165, 1.54) is 16.6 Å². The van der Waals surface area contributed by atoms with Crippen LogP contribution in [0.25, 0.3) is 5.69 Å². The highest BCUT2D eigenvalue weighted by Gasteiger charge is 2.31. The highest BCUT2D eigenvalue weighted by molar-refractivity contribution is 7.89. The zero-order valence-corrected chi connectivity index (χ0v) is 15.9. The van der Waals surface area contributed by atoms with Gasteiger partial charge in [-0.2, -0.15) is 4.31 Å². The van der Waals surface area contributed by atoms with Crippen molar-refractivity contribution in [1.29, 1.82) is 0 Å². The molecule has 2 heterocycles. The number of piperidine rings is 1. The summed E-state index contributed by atoms with van der Waals surface area (Å²) in [5.41, 5.74) is 2.77. The molecule has 1 saturated heterocycles. The monoisotopic (exact) mass is 383 g/mol. The van der Waals surface area contributed by atoms with Crippen LogP contribution in [-0.4, -0.2) is 46.0 Å². The molecule has 2 aromatic carbocycles. The Kier molecular flexibility index (Phi) is 4.75. The summed E-state index contributed by atoms with van der Waals surface area (Å²) in [5.74, 6) is 0.233. The van der Waals surface area contributed by atoms with Gasteiger partial charge in [-0.05, 0) is 65.4 Å². The van der Waals surface area contributed by atoms with Gasteiger partial charge in [0.1, 0.15) is 6.33 Å². The molecule has 1 aromatic heterocycles. The highest BCUT2D eigenvalue weighted by atomic mass is 32.2. The van der Waals surface area contributed by atoms with Crippen molar-refractivity contribution in [3.8, 4) is 5.69 Å². The van der Waals surface area contributed by atoms with Gasteiger partial charge in [-0.3, -0.25) is 0 Å². The van der Waals surface area contributed by atoms with Crippen LogP contribution in [0.1, 0.15) is 29.9 Å². The van der Waals surface area contributed by atoms with Gasteiger partial charge >= 0.3 is 0 Å². The van der Waals surface area contributed by atoms with Gasteiger partial charge in [-0.15, -0.1) is 5.10 Å². The first-order valence-corrected chi connectivity index (χ1v) is 10.4. The highest BCUT2D eigenvalue weighted by Crippen LogP contribution is 2.30. The van der Waals surface area contributed by atoms with Gasteiger partial charge in [0.2, 0.25) is 10.0 Å². The fourth-order valence-corrected chi connectivity index (χ4v) is 5.23. The van der Waals surface area contributed by atoms with E-state index in [-0.39, 0.29) is 5.92 Å². The fraction of sp³-hybridized carbons (Fsp3) is 0.316. The molecule has 1 fully saturated rings. The molecular weight excluding hydrogens is 362 g/mol. The lowest BCUT2D eigenvalue weighted by Crippen LogP contribution is -2.39. The van der Waals surface area contributed by atoms with Crippen LogP contribution >= 0.6 is 0 Å². The lowest BCUT2D eigenvalue weighted by molar-refractivity contribution is 0.315. The second-order valence-corrected chi connectivity index (χ2v) is 8.75. The van der Waals surface area contributed by atoms with Crippen molar-refractivity contribution in [2.45, 2.75) is 30.6 Å². The Balaban J connectivity index is 1.60. The van der Waals surface area contributed by atoms with Crippen molar-refractivity contribution in [2.24, 2.45) is 0 Å². The third kappa shape index (κ3) is 3.50. The molecule has 0 saturated carbocycles. The zero-order chi connectivity index (χ0) is 18.9. The van der Waals surface area contributed by atoms with Gasteiger partial charge in [0.25, 0.3) is 0 Å². The van der Waals surface area contributed by atoms with E-state index < -0.39 is 10.0 Å². The summed E-state index contributed by atoms with van der Waals surface area (Å²) in [6.45, 7) is 2.93. The summed E-state index contributed by atoms with van der Waals surface area (Å²) in [4.78, 5) is 0.311. The Morgan fingerprint density at radius 1 is 1.11 bits per heavy atom. The second-order valence-electron chi connectivity index (χ2n) is 6.82. The van der Waals surface area contributed by atoms with Crippen molar-refractivity contribution in [3.63, 3.8) is 0 Å². The third-order valence-corrected chi connectivity index (χ3v) is 6.92. The van der Waals surface area contributed by atoms with E-state index in [1.54, 1.807) is 22.5 Å². The van der Waals surface area contributed by atoms with E-state index in [9.17, 15) is 8.42 Å². The van der Waals surface area contributed by atoms with Gasteiger partial charge < -0.3 is 0 Å². The van der Waals surface area contributed by atoms with Gasteiger partial charge in [0, 0.05) is 13.1 Å². The van der Waals surface area contributed by atoms with Crippen LogP contribution in [-0.2, 0) is 10.0 Å². The molecule has 27 heavy (non-hydrogen) atoms. The SMILES string of the molecule is Cc1cc(S(=O)(=O)N2CCCC(c3ccccc3)C2)ccc1-n1cnnn1. The van der Waals surface area contributed by atoms with Crippen LogP contribution in [0, 0.1) is 6.92 Å². The summed E-state index contributed by atoms with van der Waals surface area (Å²) in [5, 5.41) is 11.1. The van der Waals surface area contributed by atoms with Crippen LogP contribution in [0.5, 0.6) is 0 Å². The molecular formula is C19H21N5O2S. The average Bonchev–Trinajstić information content (AvgIpc) is 3.23. The van der Waals surface area contributed by atoms with Crippen molar-refractivity contribution < 1.29 is 8.42 Å². The number of aryl methyl sites for hydroxylation is 1. The largest absolute Gasteiger partial charge is 0.243 e. The first-order valence-electron chi connectivity index (χ1n) is 8.95. The molecule has 0 radical (unpaired) electrons. The van der Waals surface area contributed by atoms with Crippen LogP contribution in [0.15, 0.2) is 59.8 Å². The van der Waals surface area contributed by atoms with E-state index in [4.69, 9.17) is 0 Å². The molecule has 0 N–H and O–H groups in total. The molecule has 1 unspecified atom stereocenters. The standard InChI is InChI=1S/C19H21N5O2S/c1-15-12-18(9-10-19(15)24-14-20-21-22-24)27(25,26)23-11-5-8-17(13-23)16-6-3-2-4-7-16/h2-4,6-7,9-10,12,14,17H,5,8,11,13H2,1H3. The smallest absolute Gasteiger partial charge is 0.207 e. The molecule has 1 aliphatic heterocycles. The normalized spacial score (nSPS) is 18.5. The molecule has 0 spiro atoms. The molecule has 0 bridgehead atoms. The maximum absolute atomic E-state index is 13.2. The molecule has 1 atom stereocenters. The maximum atomic E-state index is 13.2. The second kappa shape index (κ2) is 7.21. The summed E-state index contributed by atoms with van der Waals surface area (Å²) >= 11 is 0. The minimum atomic E-state index is -3.54. The molecule has 4 rings (SSSR count). The van der Waals surface area contributed by atoms with Gasteiger partial charge in [0.15, 0.2) is 0 Å². The Morgan fingerprint density at radius 3 is 2.63 bits per heavy atom. The molecule has 8 heteroatoms.